The molecule has 0 aromatic heterocycles. The third-order valence-corrected chi connectivity index (χ3v) is 5.06. The molecule has 0 radical (unpaired) electrons. The van der Waals surface area contributed by atoms with E-state index in [-0.39, 0.29) is 41.3 Å². The molecule has 2 atom stereocenters. The average Bonchev–Trinajstić information content (AvgIpc) is 2.54. The first-order valence-electron chi connectivity index (χ1n) is 7.96. The molecular weight excluding hydrogens is 346 g/mol. The highest BCUT2D eigenvalue weighted by molar-refractivity contribution is 8.01. The van der Waals surface area contributed by atoms with E-state index in [1.165, 1.54) is 11.8 Å². The third-order valence-electron chi connectivity index (χ3n) is 3.93. The van der Waals surface area contributed by atoms with Crippen LogP contribution in [-0.4, -0.2) is 53.4 Å². The zero-order chi connectivity index (χ0) is 16.8. The molecule has 0 spiro atoms. The average molecular weight is 372 g/mol. The standard InChI is InChI=1S/C17H25N3O2S.ClH/c1-12-4-6-15(7-5-12)19-16(21)11-23-14(3)17(22)20-9-8-18-10-13(20)2;/h4-7,13-14,18H,8-11H2,1-3H3,(H,19,21);1H/t13-,14?;/m0./s1. The van der Waals surface area contributed by atoms with E-state index in [9.17, 15) is 9.59 Å². The fourth-order valence-electron chi connectivity index (χ4n) is 2.51. The smallest absolute Gasteiger partial charge is 0.235 e. The Kier molecular flexibility index (Phi) is 8.59. The van der Waals surface area contributed by atoms with E-state index in [0.29, 0.717) is 0 Å². The van der Waals surface area contributed by atoms with Gasteiger partial charge in [-0.2, -0.15) is 0 Å². The van der Waals surface area contributed by atoms with Crippen LogP contribution in [0.5, 0.6) is 0 Å². The number of nitrogens with zero attached hydrogens (tertiary/aromatic N) is 1. The number of hydrogen-bond donors (Lipinski definition) is 2. The van der Waals surface area contributed by atoms with E-state index in [1.807, 2.05) is 49.9 Å². The Labute approximate surface area is 154 Å². The molecule has 1 aliphatic heterocycles. The van der Waals surface area contributed by atoms with Gasteiger partial charge in [-0.1, -0.05) is 17.7 Å². The van der Waals surface area contributed by atoms with Gasteiger partial charge in [-0.15, -0.1) is 24.2 Å². The molecule has 1 aromatic carbocycles. The monoisotopic (exact) mass is 371 g/mol. The van der Waals surface area contributed by atoms with E-state index in [1.54, 1.807) is 0 Å². The summed E-state index contributed by atoms with van der Waals surface area (Å²) in [5.74, 6) is 0.320. The van der Waals surface area contributed by atoms with Crippen LogP contribution < -0.4 is 10.6 Å². The number of thioether (sulfide) groups is 1. The topological polar surface area (TPSA) is 61.4 Å². The van der Waals surface area contributed by atoms with Crippen molar-refractivity contribution in [2.45, 2.75) is 32.1 Å². The Morgan fingerprint density at radius 1 is 1.38 bits per heavy atom. The maximum atomic E-state index is 12.5. The van der Waals surface area contributed by atoms with Crippen molar-refractivity contribution in [2.24, 2.45) is 0 Å². The number of anilines is 1. The van der Waals surface area contributed by atoms with Crippen molar-refractivity contribution in [1.82, 2.24) is 10.2 Å². The molecular formula is C17H26ClN3O2S. The molecule has 7 heteroatoms. The van der Waals surface area contributed by atoms with Crippen LogP contribution in [0.25, 0.3) is 0 Å². The number of nitrogens with one attached hydrogen (secondary N) is 2. The van der Waals surface area contributed by atoms with Gasteiger partial charge in [-0.25, -0.2) is 0 Å². The van der Waals surface area contributed by atoms with Gasteiger partial charge in [-0.05, 0) is 32.9 Å². The minimum Gasteiger partial charge on any atom is -0.336 e. The lowest BCUT2D eigenvalue weighted by Gasteiger charge is -2.35. The van der Waals surface area contributed by atoms with Gasteiger partial charge >= 0.3 is 0 Å². The van der Waals surface area contributed by atoms with E-state index in [0.717, 1.165) is 30.9 Å². The van der Waals surface area contributed by atoms with Crippen LogP contribution in [-0.2, 0) is 9.59 Å². The lowest BCUT2D eigenvalue weighted by molar-refractivity contribution is -0.133. The van der Waals surface area contributed by atoms with Gasteiger partial charge in [0.2, 0.25) is 11.8 Å². The summed E-state index contributed by atoms with van der Waals surface area (Å²) in [5.41, 5.74) is 1.94. The second kappa shape index (κ2) is 9.91. The molecule has 1 fully saturated rings. The fourth-order valence-corrected chi connectivity index (χ4v) is 3.26. The van der Waals surface area contributed by atoms with E-state index in [4.69, 9.17) is 0 Å². The molecule has 5 nitrogen and oxygen atoms in total. The largest absolute Gasteiger partial charge is 0.336 e. The Hall–Kier alpha value is -1.24. The highest BCUT2D eigenvalue weighted by atomic mass is 35.5. The van der Waals surface area contributed by atoms with Gasteiger partial charge in [0.25, 0.3) is 0 Å². The number of halogens is 1. The Balaban J connectivity index is 0.00000288. The predicted octanol–water partition coefficient (Wildman–Crippen LogP) is 2.30. The third kappa shape index (κ3) is 6.00. The lowest BCUT2D eigenvalue weighted by Crippen LogP contribution is -2.54. The van der Waals surface area contributed by atoms with Gasteiger partial charge in [0, 0.05) is 31.4 Å². The highest BCUT2D eigenvalue weighted by Crippen LogP contribution is 2.17. The van der Waals surface area contributed by atoms with Crippen LogP contribution in [0, 0.1) is 6.92 Å². The number of rotatable bonds is 5. The first-order chi connectivity index (χ1) is 11.0. The summed E-state index contributed by atoms with van der Waals surface area (Å²) in [6.45, 7) is 8.33. The van der Waals surface area contributed by atoms with Gasteiger partial charge < -0.3 is 15.5 Å². The van der Waals surface area contributed by atoms with Crippen LogP contribution in [0.15, 0.2) is 24.3 Å². The molecule has 0 saturated carbocycles. The summed E-state index contributed by atoms with van der Waals surface area (Å²) in [4.78, 5) is 26.4. The lowest BCUT2D eigenvalue weighted by atomic mass is 10.2. The van der Waals surface area contributed by atoms with Crippen molar-refractivity contribution in [2.75, 3.05) is 30.7 Å². The molecule has 1 aliphatic rings. The summed E-state index contributed by atoms with van der Waals surface area (Å²) in [5, 5.41) is 5.92. The summed E-state index contributed by atoms with van der Waals surface area (Å²) in [6, 6.07) is 7.89. The SMILES string of the molecule is Cc1ccc(NC(=O)CSC(C)C(=O)N2CCNC[C@@H]2C)cc1.Cl. The summed E-state index contributed by atoms with van der Waals surface area (Å²) in [6.07, 6.45) is 0. The van der Waals surface area contributed by atoms with Gasteiger partial charge in [0.05, 0.1) is 11.0 Å². The van der Waals surface area contributed by atoms with Crippen molar-refractivity contribution in [3.05, 3.63) is 29.8 Å². The van der Waals surface area contributed by atoms with E-state index >= 15 is 0 Å². The molecule has 1 saturated heterocycles. The van der Waals surface area contributed by atoms with Crippen LogP contribution >= 0.6 is 24.2 Å². The number of hydrogen-bond acceptors (Lipinski definition) is 4. The minimum absolute atomic E-state index is 0. The first-order valence-corrected chi connectivity index (χ1v) is 9.01. The van der Waals surface area contributed by atoms with Crippen molar-refractivity contribution in [3.63, 3.8) is 0 Å². The quantitative estimate of drug-likeness (QED) is 0.833. The zero-order valence-electron chi connectivity index (χ0n) is 14.4. The van der Waals surface area contributed by atoms with Gasteiger partial charge in [0.1, 0.15) is 0 Å². The molecule has 2 N–H and O–H groups in total. The molecule has 1 heterocycles. The van der Waals surface area contributed by atoms with Crippen LogP contribution in [0.2, 0.25) is 0 Å². The molecule has 0 bridgehead atoms. The normalized spacial score (nSPS) is 18.5. The first kappa shape index (κ1) is 20.8. The fraction of sp³-hybridized carbons (Fsp3) is 0.529. The zero-order valence-corrected chi connectivity index (χ0v) is 16.0. The minimum atomic E-state index is -0.209. The molecule has 0 aliphatic carbocycles. The Bertz CT molecular complexity index is 553. The van der Waals surface area contributed by atoms with Crippen molar-refractivity contribution in [3.8, 4) is 0 Å². The molecule has 2 rings (SSSR count). The van der Waals surface area contributed by atoms with E-state index < -0.39 is 0 Å². The molecule has 2 amide bonds. The molecule has 1 unspecified atom stereocenters. The van der Waals surface area contributed by atoms with Gasteiger partial charge in [0.15, 0.2) is 0 Å². The van der Waals surface area contributed by atoms with Crippen LogP contribution in [0.3, 0.4) is 0 Å². The number of carbonyl (C=O) groups is 2. The maximum absolute atomic E-state index is 12.5. The van der Waals surface area contributed by atoms with Crippen molar-refractivity contribution >= 4 is 41.7 Å². The summed E-state index contributed by atoms with van der Waals surface area (Å²) in [7, 11) is 0. The van der Waals surface area contributed by atoms with Crippen molar-refractivity contribution in [1.29, 1.82) is 0 Å². The van der Waals surface area contributed by atoms with Gasteiger partial charge in [-0.3, -0.25) is 9.59 Å². The predicted molar refractivity (Wildman–Crippen MR) is 103 cm³/mol. The molecule has 134 valence electrons. The van der Waals surface area contributed by atoms with Crippen LogP contribution in [0.1, 0.15) is 19.4 Å². The van der Waals surface area contributed by atoms with Crippen molar-refractivity contribution < 1.29 is 9.59 Å². The van der Waals surface area contributed by atoms with E-state index in [2.05, 4.69) is 10.6 Å². The maximum Gasteiger partial charge on any atom is 0.235 e. The summed E-state index contributed by atoms with van der Waals surface area (Å²) >= 11 is 1.39. The number of benzene rings is 1. The number of piperazine rings is 1. The summed E-state index contributed by atoms with van der Waals surface area (Å²) < 4.78 is 0. The number of amides is 2. The highest BCUT2D eigenvalue weighted by Gasteiger charge is 2.27. The molecule has 1 aromatic rings. The number of carbonyl (C=O) groups excluding carboxylic acids is 2. The second-order valence-electron chi connectivity index (χ2n) is 5.95. The number of aryl methyl sites for hydroxylation is 1. The Morgan fingerprint density at radius 3 is 2.67 bits per heavy atom. The Morgan fingerprint density at radius 2 is 2.04 bits per heavy atom. The molecule has 24 heavy (non-hydrogen) atoms. The second-order valence-corrected chi connectivity index (χ2v) is 7.28. The van der Waals surface area contributed by atoms with Crippen LogP contribution in [0.4, 0.5) is 5.69 Å².